The number of rotatable bonds is 5. The molecule has 2 aromatic carbocycles. The molecule has 0 spiro atoms. The van der Waals surface area contributed by atoms with Crippen molar-refractivity contribution in [1.82, 2.24) is 24.7 Å². The van der Waals surface area contributed by atoms with Crippen LogP contribution in [0.15, 0.2) is 60.7 Å². The average Bonchev–Trinajstić information content (AvgIpc) is 3.27. The smallest absolute Gasteiger partial charge is 0.188 e. The third kappa shape index (κ3) is 3.78. The van der Waals surface area contributed by atoms with Gasteiger partial charge in [0.1, 0.15) is 17.4 Å². The Balaban J connectivity index is 1.34. The molecule has 1 fully saturated rings. The molecule has 0 aliphatic carbocycles. The van der Waals surface area contributed by atoms with E-state index in [2.05, 4.69) is 39.1 Å². The normalized spacial score (nSPS) is 15.8. The number of ether oxygens (including phenoxy) is 1. The summed E-state index contributed by atoms with van der Waals surface area (Å²) in [4.78, 5) is 4.71. The standard InChI is InChI=1S/C24H25FN6O/c1-17(18-6-5-7-19(16-18)32-2)29-12-14-30(15-13-29)23-11-10-22-26-27-24(31(22)28-23)20-8-3-4-9-21(20)25/h3-11,16-17H,12-15H2,1-2H3. The van der Waals surface area contributed by atoms with Gasteiger partial charge in [-0.1, -0.05) is 24.3 Å². The minimum atomic E-state index is -0.339. The van der Waals surface area contributed by atoms with Crippen LogP contribution in [-0.4, -0.2) is 58.0 Å². The van der Waals surface area contributed by atoms with Crippen molar-refractivity contribution in [2.24, 2.45) is 0 Å². The molecule has 0 radical (unpaired) electrons. The summed E-state index contributed by atoms with van der Waals surface area (Å²) in [6.07, 6.45) is 0. The van der Waals surface area contributed by atoms with E-state index in [1.54, 1.807) is 29.8 Å². The molecule has 1 aliphatic heterocycles. The number of methoxy groups -OCH3 is 1. The number of hydrogen-bond acceptors (Lipinski definition) is 6. The van der Waals surface area contributed by atoms with Crippen molar-refractivity contribution in [3.8, 4) is 17.1 Å². The molecule has 1 atom stereocenters. The summed E-state index contributed by atoms with van der Waals surface area (Å²) >= 11 is 0. The number of nitrogens with zero attached hydrogens (tertiary/aromatic N) is 6. The zero-order valence-electron chi connectivity index (χ0n) is 18.1. The summed E-state index contributed by atoms with van der Waals surface area (Å²) < 4.78 is 21.3. The first-order valence-electron chi connectivity index (χ1n) is 10.7. The highest BCUT2D eigenvalue weighted by molar-refractivity contribution is 5.60. The first-order chi connectivity index (χ1) is 15.6. The lowest BCUT2D eigenvalue weighted by molar-refractivity contribution is 0.198. The summed E-state index contributed by atoms with van der Waals surface area (Å²) in [6.45, 7) is 5.77. The van der Waals surface area contributed by atoms with Crippen molar-refractivity contribution in [2.45, 2.75) is 13.0 Å². The van der Waals surface area contributed by atoms with Crippen LogP contribution in [0.1, 0.15) is 18.5 Å². The molecule has 32 heavy (non-hydrogen) atoms. The lowest BCUT2D eigenvalue weighted by Crippen LogP contribution is -2.47. The minimum absolute atomic E-state index is 0.299. The molecule has 164 valence electrons. The molecule has 0 amide bonds. The third-order valence-electron chi connectivity index (χ3n) is 6.13. The van der Waals surface area contributed by atoms with Crippen LogP contribution in [0.2, 0.25) is 0 Å². The molecule has 5 rings (SSSR count). The summed E-state index contributed by atoms with van der Waals surface area (Å²) in [7, 11) is 1.69. The van der Waals surface area contributed by atoms with E-state index < -0.39 is 0 Å². The van der Waals surface area contributed by atoms with Gasteiger partial charge in [0.25, 0.3) is 0 Å². The lowest BCUT2D eigenvalue weighted by Gasteiger charge is -2.38. The Kier molecular flexibility index (Phi) is 5.45. The van der Waals surface area contributed by atoms with Crippen LogP contribution in [0.4, 0.5) is 10.2 Å². The van der Waals surface area contributed by atoms with Crippen molar-refractivity contribution < 1.29 is 9.13 Å². The monoisotopic (exact) mass is 432 g/mol. The zero-order chi connectivity index (χ0) is 22.1. The first kappa shape index (κ1) is 20.4. The van der Waals surface area contributed by atoms with E-state index in [9.17, 15) is 4.39 Å². The highest BCUT2D eigenvalue weighted by atomic mass is 19.1. The van der Waals surface area contributed by atoms with E-state index in [0.29, 0.717) is 23.1 Å². The van der Waals surface area contributed by atoms with E-state index in [1.165, 1.54) is 11.6 Å². The molecule has 0 saturated carbocycles. The van der Waals surface area contributed by atoms with Crippen LogP contribution in [0.25, 0.3) is 17.0 Å². The average molecular weight is 433 g/mol. The fourth-order valence-electron chi connectivity index (χ4n) is 4.21. The molecule has 0 bridgehead atoms. The minimum Gasteiger partial charge on any atom is -0.497 e. The largest absolute Gasteiger partial charge is 0.497 e. The molecule has 8 heteroatoms. The number of fused-ring (bicyclic) bond motifs is 1. The molecule has 3 heterocycles. The van der Waals surface area contributed by atoms with Gasteiger partial charge in [-0.3, -0.25) is 4.90 Å². The molecule has 1 unspecified atom stereocenters. The van der Waals surface area contributed by atoms with Crippen LogP contribution in [-0.2, 0) is 0 Å². The Morgan fingerprint density at radius 2 is 1.75 bits per heavy atom. The van der Waals surface area contributed by atoms with Crippen molar-refractivity contribution in [3.63, 3.8) is 0 Å². The number of aromatic nitrogens is 4. The predicted octanol–water partition coefficient (Wildman–Crippen LogP) is 3.82. The molecular formula is C24H25FN6O. The van der Waals surface area contributed by atoms with Crippen molar-refractivity contribution in [1.29, 1.82) is 0 Å². The topological polar surface area (TPSA) is 58.8 Å². The van der Waals surface area contributed by atoms with E-state index >= 15 is 0 Å². The highest BCUT2D eigenvalue weighted by Gasteiger charge is 2.24. The lowest BCUT2D eigenvalue weighted by atomic mass is 10.1. The maximum Gasteiger partial charge on any atom is 0.188 e. The number of halogens is 1. The van der Waals surface area contributed by atoms with E-state index in [-0.39, 0.29) is 5.82 Å². The quantitative estimate of drug-likeness (QED) is 0.478. The maximum atomic E-state index is 14.3. The van der Waals surface area contributed by atoms with Gasteiger partial charge in [-0.05, 0) is 48.9 Å². The second-order valence-corrected chi connectivity index (χ2v) is 7.94. The van der Waals surface area contributed by atoms with Gasteiger partial charge in [-0.15, -0.1) is 15.3 Å². The Bertz CT molecular complexity index is 1230. The van der Waals surface area contributed by atoms with Crippen LogP contribution in [0.5, 0.6) is 5.75 Å². The molecule has 2 aromatic heterocycles. The van der Waals surface area contributed by atoms with Gasteiger partial charge in [0.15, 0.2) is 11.5 Å². The van der Waals surface area contributed by atoms with E-state index in [1.807, 2.05) is 24.3 Å². The van der Waals surface area contributed by atoms with Crippen molar-refractivity contribution >= 4 is 11.5 Å². The fourth-order valence-corrected chi connectivity index (χ4v) is 4.21. The highest BCUT2D eigenvalue weighted by Crippen LogP contribution is 2.26. The van der Waals surface area contributed by atoms with Crippen LogP contribution < -0.4 is 9.64 Å². The number of hydrogen-bond donors (Lipinski definition) is 0. The summed E-state index contributed by atoms with van der Waals surface area (Å²) in [5.41, 5.74) is 2.23. The second-order valence-electron chi connectivity index (χ2n) is 7.94. The number of piperazine rings is 1. The summed E-state index contributed by atoms with van der Waals surface area (Å²) in [5.74, 6) is 1.79. The van der Waals surface area contributed by atoms with Gasteiger partial charge in [0.2, 0.25) is 0 Å². The van der Waals surface area contributed by atoms with Gasteiger partial charge < -0.3 is 9.64 Å². The van der Waals surface area contributed by atoms with Gasteiger partial charge >= 0.3 is 0 Å². The van der Waals surface area contributed by atoms with Gasteiger partial charge in [-0.25, -0.2) is 4.39 Å². The summed E-state index contributed by atoms with van der Waals surface area (Å²) in [5, 5.41) is 13.1. The molecule has 4 aromatic rings. The van der Waals surface area contributed by atoms with Crippen molar-refractivity contribution in [3.05, 3.63) is 72.0 Å². The van der Waals surface area contributed by atoms with Crippen LogP contribution in [0, 0.1) is 5.82 Å². The third-order valence-corrected chi connectivity index (χ3v) is 6.13. The Hall–Kier alpha value is -3.52. The SMILES string of the molecule is COc1cccc(C(C)N2CCN(c3ccc4nnc(-c5ccccc5F)n4n3)CC2)c1. The Morgan fingerprint density at radius 3 is 2.53 bits per heavy atom. The van der Waals surface area contributed by atoms with E-state index in [0.717, 1.165) is 37.7 Å². The number of anilines is 1. The molecule has 1 aliphatic rings. The first-order valence-corrected chi connectivity index (χ1v) is 10.7. The second kappa shape index (κ2) is 8.55. The Morgan fingerprint density at radius 1 is 0.938 bits per heavy atom. The molecule has 7 nitrogen and oxygen atoms in total. The van der Waals surface area contributed by atoms with Gasteiger partial charge in [-0.2, -0.15) is 4.52 Å². The van der Waals surface area contributed by atoms with E-state index in [4.69, 9.17) is 9.84 Å². The summed E-state index contributed by atoms with van der Waals surface area (Å²) in [6, 6.07) is 18.9. The van der Waals surface area contributed by atoms with Crippen LogP contribution >= 0.6 is 0 Å². The van der Waals surface area contributed by atoms with Gasteiger partial charge in [0.05, 0.1) is 12.7 Å². The van der Waals surface area contributed by atoms with Crippen LogP contribution in [0.3, 0.4) is 0 Å². The molecule has 1 saturated heterocycles. The fraction of sp³-hybridized carbons (Fsp3) is 0.292. The maximum absolute atomic E-state index is 14.3. The Labute approximate surface area is 186 Å². The number of benzene rings is 2. The molecular weight excluding hydrogens is 407 g/mol. The predicted molar refractivity (Wildman–Crippen MR) is 121 cm³/mol. The van der Waals surface area contributed by atoms with Crippen molar-refractivity contribution in [2.75, 3.05) is 38.2 Å². The van der Waals surface area contributed by atoms with Gasteiger partial charge in [0, 0.05) is 32.2 Å². The molecule has 0 N–H and O–H groups in total. The zero-order valence-corrected chi connectivity index (χ0v) is 18.1.